The van der Waals surface area contributed by atoms with Crippen molar-refractivity contribution >= 4 is 0 Å². The molecule has 0 heteroatoms. The van der Waals surface area contributed by atoms with Crippen molar-refractivity contribution in [1.29, 1.82) is 0 Å². The average Bonchev–Trinajstić information content (AvgIpc) is 1.39. The molecule has 0 nitrogen and oxygen atoms in total. The van der Waals surface area contributed by atoms with Crippen LogP contribution < -0.4 is 0 Å². The Morgan fingerprint density at radius 2 is 1.25 bits per heavy atom. The van der Waals surface area contributed by atoms with E-state index in [1.165, 1.54) is 12.8 Å². The highest BCUT2D eigenvalue weighted by Gasteiger charge is 0.456. The summed E-state index contributed by atoms with van der Waals surface area (Å²) >= 11 is 0. The Morgan fingerprint density at radius 1 is 1.25 bits per heavy atom. The van der Waals surface area contributed by atoms with Gasteiger partial charge in [0.15, 0.2) is 0 Å². The first kappa shape index (κ1) is 1.44. The van der Waals surface area contributed by atoms with Crippen LogP contribution in [0.1, 0.15) is 2.74 Å². The molecule has 0 aliphatic carbocycles. The number of rotatable bonds is 0. The molecule has 0 aromatic carbocycles. The van der Waals surface area contributed by atoms with Crippen molar-refractivity contribution < 1.29 is 2.74 Å². The lowest BCUT2D eigenvalue weighted by molar-refractivity contribution is 3.31. The zero-order chi connectivity index (χ0) is 5.41. The van der Waals surface area contributed by atoms with Crippen LogP contribution in [0.3, 0.4) is 0 Å². The molecule has 0 saturated heterocycles. The van der Waals surface area contributed by atoms with Crippen molar-refractivity contribution in [1.82, 2.24) is 0 Å². The molecule has 0 fully saturated rings. The summed E-state index contributed by atoms with van der Waals surface area (Å²) in [4.78, 5) is 0. The Kier molecular flexibility index (Phi) is 1.24. The van der Waals surface area contributed by atoms with Gasteiger partial charge in [-0.3, -0.25) is 0 Å². The summed E-state index contributed by atoms with van der Waals surface area (Å²) in [5.74, 6) is 0. The monoisotopic (exact) mass is 54.0 g/mol. The van der Waals surface area contributed by atoms with Crippen LogP contribution in [-0.4, -0.2) is 0 Å². The van der Waals surface area contributed by atoms with E-state index >= 15 is 0 Å². The van der Waals surface area contributed by atoms with Gasteiger partial charge < -0.3 is 0 Å². The van der Waals surface area contributed by atoms with E-state index in [4.69, 9.17) is 2.74 Å². The summed E-state index contributed by atoms with van der Waals surface area (Å²) in [5.41, 5.74) is 0. The fourth-order valence-corrected chi connectivity index (χ4v) is 0. The standard InChI is InChI=1S/2C2H2/c2*1-2/h2*1-2H/i2*1D. The van der Waals surface area contributed by atoms with Crippen LogP contribution in [0, 0.1) is 25.6 Å². The minimum absolute atomic E-state index is 1.50. The van der Waals surface area contributed by atoms with Crippen LogP contribution in [-0.2, 0) is 0 Å². The minimum atomic E-state index is 1.50. The maximum absolute atomic E-state index is 5.74. The molecule has 0 amide bonds. The van der Waals surface area contributed by atoms with Gasteiger partial charge in [0.25, 0.3) is 0 Å². The molecule has 0 atom stereocenters. The van der Waals surface area contributed by atoms with E-state index < -0.39 is 0 Å². The second-order valence-electron chi connectivity index (χ2n) is 0. The summed E-state index contributed by atoms with van der Waals surface area (Å²) in [6.07, 6.45) is 11.5. The molecule has 0 unspecified atom stereocenters. The molecule has 0 aromatic rings. The smallest absolute Gasteiger partial charge is 0.124 e. The Morgan fingerprint density at radius 3 is 1.25 bits per heavy atom. The zero-order valence-corrected chi connectivity index (χ0v) is 2.15. The molecule has 0 bridgehead atoms. The first-order valence-electron chi connectivity index (χ1n) is 1.58. The molecule has 0 saturated carbocycles. The van der Waals surface area contributed by atoms with Crippen LogP contribution in [0.4, 0.5) is 0 Å². The maximum atomic E-state index is 5.74. The third kappa shape index (κ3) is 0.0208. The molecule has 0 heterocycles. The van der Waals surface area contributed by atoms with Gasteiger partial charge in [-0.15, -0.1) is 25.6 Å². The normalized spacial score (nSPS) is 4.50. The lowest BCUT2D eigenvalue weighted by atomic mass is 11.4. The zero-order valence-electron chi connectivity index (χ0n) is 4.15. The predicted molar refractivity (Wildman–Crippen MR) is 19.8 cm³/mol. The molecule has 20 valence electrons. The first-order chi connectivity index (χ1) is 2.83. The molecule has 0 N–H and O–H groups in total. The van der Waals surface area contributed by atoms with Gasteiger partial charge in [0.1, 0.15) is 2.74 Å². The van der Waals surface area contributed by atoms with Crippen molar-refractivity contribution in [3.05, 3.63) is 0 Å². The Bertz CT molecular complexity index is 60.5. The van der Waals surface area contributed by atoms with Gasteiger partial charge in [0.2, 0.25) is 0 Å². The molecule has 0 aromatic heterocycles. The lowest BCUT2D eigenvalue weighted by Gasteiger charge is -0.701. The molecule has 0 radical (unpaired) electrons. The number of hydrogen-bond donors (Lipinski definition) is 0. The topological polar surface area (TPSA) is 0 Å². The summed E-state index contributed by atoms with van der Waals surface area (Å²) < 4.78 is 11.5. The van der Waals surface area contributed by atoms with E-state index in [-0.39, 0.29) is 0 Å². The summed E-state index contributed by atoms with van der Waals surface area (Å²) in [7, 11) is 0. The Hall–Kier alpha value is -0.880. The number of terminal acetylenes is 2. The van der Waals surface area contributed by atoms with Crippen molar-refractivity contribution in [2.75, 3.05) is 0 Å². The van der Waals surface area contributed by atoms with Crippen LogP contribution >= 0.6 is 0 Å². The summed E-state index contributed by atoms with van der Waals surface area (Å²) in [6.45, 7) is 0. The van der Waals surface area contributed by atoms with Crippen LogP contribution in [0.5, 0.6) is 0 Å². The van der Waals surface area contributed by atoms with Crippen molar-refractivity contribution in [2.45, 2.75) is 0 Å². The maximum Gasteiger partial charge on any atom is 0.124 e. The predicted octanol–water partition coefficient (Wildman–Crippen LogP) is 0.499. The highest BCUT2D eigenvalue weighted by Crippen LogP contribution is 0.581. The molecular weight excluding hydrogens is 48.0 g/mol. The van der Waals surface area contributed by atoms with E-state index in [1.807, 2.05) is 0 Å². The van der Waals surface area contributed by atoms with Gasteiger partial charge in [0, 0.05) is 0 Å². The number of hydrogen-bond acceptors (Lipinski definition) is 0. The van der Waals surface area contributed by atoms with E-state index in [0.717, 1.165) is 0 Å². The van der Waals surface area contributed by atoms with E-state index in [0.29, 0.717) is 0 Å². The van der Waals surface area contributed by atoms with Crippen LogP contribution in [0.15, 0.2) is 0 Å². The Labute approximate surface area is 29.6 Å². The van der Waals surface area contributed by atoms with Crippen molar-refractivity contribution in [3.63, 3.8) is 0 Å². The molecule has 4 heavy (non-hydrogen) atoms. The first-order valence-corrected chi connectivity index (χ1v) is 0.577. The quantitative estimate of drug-likeness (QED) is 0.353. The molecule has 0 spiro atoms. The van der Waals surface area contributed by atoms with Gasteiger partial charge in [-0.05, 0) is 0 Å². The highest BCUT2D eigenvalue weighted by atomic mass is 12.6. The second kappa shape index (κ2) is 3.43. The average molecular weight is 54.1 g/mol. The van der Waals surface area contributed by atoms with Gasteiger partial charge in [0.05, 0.1) is 0 Å². The summed E-state index contributed by atoms with van der Waals surface area (Å²) in [6, 6.07) is 0. The van der Waals surface area contributed by atoms with Crippen molar-refractivity contribution in [2.24, 2.45) is 0 Å². The van der Waals surface area contributed by atoms with E-state index in [2.05, 4.69) is 12.8 Å². The SMILES string of the molecule is [2H]C#C.[2H]C#C. The molecule has 0 aliphatic rings. The van der Waals surface area contributed by atoms with E-state index in [9.17, 15) is 0 Å². The fraction of sp³-hybridized carbons (Fsp3) is 0. The largest absolute Gasteiger partial charge is 0.124 e. The van der Waals surface area contributed by atoms with Gasteiger partial charge >= 0.3 is 0 Å². The molecule has 0 aliphatic heterocycles. The highest BCUT2D eigenvalue weighted by molar-refractivity contribution is 4.47. The van der Waals surface area contributed by atoms with Gasteiger partial charge in [-0.1, -0.05) is 0 Å². The Balaban J connectivity index is 0. The summed E-state index contributed by atoms with van der Waals surface area (Å²) in [5, 5.41) is 0. The third-order valence-corrected chi connectivity index (χ3v) is 0. The molecular formula is C4H4. The van der Waals surface area contributed by atoms with Gasteiger partial charge in [-0.2, -0.15) is 0 Å². The van der Waals surface area contributed by atoms with Crippen molar-refractivity contribution in [3.8, 4) is 25.6 Å². The molecule has 0 rings (SSSR count). The van der Waals surface area contributed by atoms with E-state index in [1.54, 1.807) is 0 Å². The minimum Gasteiger partial charge on any atom is -0.124 e. The van der Waals surface area contributed by atoms with Crippen LogP contribution in [0.2, 0.25) is 0 Å². The second-order valence-corrected chi connectivity index (χ2v) is 0. The third-order valence-electron chi connectivity index (χ3n) is 0. The van der Waals surface area contributed by atoms with Crippen LogP contribution in [0.25, 0.3) is 0 Å². The lowest BCUT2D eigenvalue weighted by Crippen LogP contribution is -0.576. The fourth-order valence-electron chi connectivity index (χ4n) is 0. The van der Waals surface area contributed by atoms with Gasteiger partial charge in [-0.25, -0.2) is 0 Å².